The largest absolute Gasteiger partial charge is 0.414 e. The van der Waals surface area contributed by atoms with E-state index in [0.717, 1.165) is 37.2 Å². The molecule has 3 unspecified atom stereocenters. The summed E-state index contributed by atoms with van der Waals surface area (Å²) in [6.07, 6.45) is 4.93. The first-order valence-electron chi connectivity index (χ1n) is 11.0. The zero-order valence-electron chi connectivity index (χ0n) is 16.8. The van der Waals surface area contributed by atoms with Gasteiger partial charge in [-0.05, 0) is 60.5 Å². The van der Waals surface area contributed by atoms with Gasteiger partial charge in [0.15, 0.2) is 6.10 Å². The van der Waals surface area contributed by atoms with Crippen molar-refractivity contribution in [2.75, 3.05) is 0 Å². The van der Waals surface area contributed by atoms with Crippen LogP contribution in [0.2, 0.25) is 0 Å². The minimum Gasteiger partial charge on any atom is -0.383 e. The van der Waals surface area contributed by atoms with Crippen molar-refractivity contribution in [1.29, 1.82) is 0 Å². The lowest BCUT2D eigenvalue weighted by Crippen LogP contribution is -2.37. The number of aryl methyl sites for hydroxylation is 1. The summed E-state index contributed by atoms with van der Waals surface area (Å²) in [5.74, 6) is 0.0301. The Kier molecular flexibility index (Phi) is 6.14. The molecule has 3 atom stereocenters. The Morgan fingerprint density at radius 2 is 1.83 bits per heavy atom. The van der Waals surface area contributed by atoms with Crippen LogP contribution in [0.4, 0.5) is 13.2 Å². The molecule has 1 heterocycles. The highest BCUT2D eigenvalue weighted by atomic mass is 19.4. The normalized spacial score (nSPS) is 24.4. The zero-order chi connectivity index (χ0) is 20.4. The number of aliphatic hydroxyl groups excluding tert-OH is 1. The first-order chi connectivity index (χ1) is 13.9. The van der Waals surface area contributed by atoms with E-state index in [9.17, 15) is 18.3 Å². The number of hydrogen-bond donors (Lipinski definition) is 1. The van der Waals surface area contributed by atoms with Crippen LogP contribution in [0.3, 0.4) is 0 Å². The second-order valence-electron chi connectivity index (χ2n) is 9.05. The Morgan fingerprint density at radius 3 is 2.59 bits per heavy atom. The Hall–Kier alpha value is -1.62. The van der Waals surface area contributed by atoms with Crippen LogP contribution in [-0.4, -0.2) is 22.4 Å². The van der Waals surface area contributed by atoms with Gasteiger partial charge in [-0.2, -0.15) is 13.2 Å². The van der Waals surface area contributed by atoms with Gasteiger partial charge < -0.3 is 5.11 Å². The van der Waals surface area contributed by atoms with Gasteiger partial charge in [-0.25, -0.2) is 0 Å². The van der Waals surface area contributed by atoms with Gasteiger partial charge in [0.25, 0.3) is 0 Å². The average Bonchev–Trinajstić information content (AvgIpc) is 3.37. The maximum absolute atomic E-state index is 12.9. The monoisotopic (exact) mass is 405 g/mol. The molecule has 0 aliphatic heterocycles. The Labute approximate surface area is 170 Å². The molecule has 158 valence electrons. The predicted molar refractivity (Wildman–Crippen MR) is 109 cm³/mol. The molecule has 2 aromatic rings. The van der Waals surface area contributed by atoms with Gasteiger partial charge in [0.2, 0.25) is 0 Å². The molecule has 0 saturated heterocycles. The van der Waals surface area contributed by atoms with Gasteiger partial charge >= 0.3 is 6.18 Å². The molecule has 2 aliphatic carbocycles. The molecular weight excluding hydrogens is 375 g/mol. The smallest absolute Gasteiger partial charge is 0.383 e. The fourth-order valence-corrected chi connectivity index (χ4v) is 5.53. The van der Waals surface area contributed by atoms with Gasteiger partial charge in [0.05, 0.1) is 0 Å². The Balaban J connectivity index is 1.43. The summed E-state index contributed by atoms with van der Waals surface area (Å²) >= 11 is 0. The lowest BCUT2D eigenvalue weighted by Gasteiger charge is -2.26. The number of hydrogen-bond acceptors (Lipinski definition) is 2. The topological polar surface area (TPSA) is 33.1 Å². The molecule has 1 aromatic carbocycles. The van der Waals surface area contributed by atoms with E-state index < -0.39 is 18.2 Å². The van der Waals surface area contributed by atoms with Gasteiger partial charge in [-0.3, -0.25) is 4.98 Å². The highest BCUT2D eigenvalue weighted by molar-refractivity contribution is 5.85. The molecule has 0 radical (unpaired) electrons. The molecule has 1 N–H and O–H groups in total. The van der Waals surface area contributed by atoms with Gasteiger partial charge in [-0.15, -0.1) is 0 Å². The molecule has 1 aromatic heterocycles. The van der Waals surface area contributed by atoms with Crippen molar-refractivity contribution in [1.82, 2.24) is 4.98 Å². The van der Waals surface area contributed by atoms with Gasteiger partial charge in [0.1, 0.15) is 0 Å². The molecule has 0 bridgehead atoms. The summed E-state index contributed by atoms with van der Waals surface area (Å²) in [4.78, 5) is 4.63. The minimum atomic E-state index is -4.51. The first-order valence-corrected chi connectivity index (χ1v) is 11.0. The Morgan fingerprint density at radius 1 is 1.03 bits per heavy atom. The van der Waals surface area contributed by atoms with E-state index in [1.165, 1.54) is 42.1 Å². The molecule has 29 heavy (non-hydrogen) atoms. The van der Waals surface area contributed by atoms with Gasteiger partial charge in [-0.1, -0.05) is 56.7 Å². The van der Waals surface area contributed by atoms with Crippen molar-refractivity contribution in [3.05, 3.63) is 41.7 Å². The van der Waals surface area contributed by atoms with Crippen molar-refractivity contribution >= 4 is 10.8 Å². The summed E-state index contributed by atoms with van der Waals surface area (Å²) in [6.45, 7) is 0. The predicted octanol–water partition coefficient (Wildman–Crippen LogP) is 6.24. The third-order valence-corrected chi connectivity index (χ3v) is 7.13. The summed E-state index contributed by atoms with van der Waals surface area (Å²) in [5.41, 5.74) is 2.33. The molecule has 5 heteroatoms. The van der Waals surface area contributed by atoms with E-state index in [1.807, 2.05) is 12.3 Å². The molecule has 2 saturated carbocycles. The van der Waals surface area contributed by atoms with Crippen LogP contribution in [-0.2, 0) is 12.8 Å². The molecule has 2 aliphatic rings. The van der Waals surface area contributed by atoms with Crippen molar-refractivity contribution < 1.29 is 18.3 Å². The summed E-state index contributed by atoms with van der Waals surface area (Å²) in [6, 6.07) is 8.44. The van der Waals surface area contributed by atoms with Crippen LogP contribution >= 0.6 is 0 Å². The van der Waals surface area contributed by atoms with Crippen LogP contribution in [0.5, 0.6) is 0 Å². The fraction of sp³-hybridized carbons (Fsp3) is 0.625. The van der Waals surface area contributed by atoms with E-state index >= 15 is 0 Å². The van der Waals surface area contributed by atoms with Crippen molar-refractivity contribution in [3.63, 3.8) is 0 Å². The summed E-state index contributed by atoms with van der Waals surface area (Å²) in [5, 5.41) is 12.1. The lowest BCUT2D eigenvalue weighted by atomic mass is 9.85. The van der Waals surface area contributed by atoms with Crippen LogP contribution < -0.4 is 0 Å². The maximum atomic E-state index is 12.9. The quantitative estimate of drug-likeness (QED) is 0.617. The highest BCUT2D eigenvalue weighted by Gasteiger charge is 2.47. The minimum absolute atomic E-state index is 0.0577. The number of fused-ring (bicyclic) bond motifs is 1. The van der Waals surface area contributed by atoms with Crippen LogP contribution in [0.1, 0.15) is 62.6 Å². The molecule has 0 amide bonds. The molecular formula is C24H30F3NO. The van der Waals surface area contributed by atoms with E-state index in [2.05, 4.69) is 23.2 Å². The Bertz CT molecular complexity index is 828. The number of halogens is 3. The van der Waals surface area contributed by atoms with E-state index in [-0.39, 0.29) is 5.92 Å². The zero-order valence-corrected chi connectivity index (χ0v) is 16.8. The lowest BCUT2D eigenvalue weighted by molar-refractivity contribution is -0.222. The highest BCUT2D eigenvalue weighted by Crippen LogP contribution is 2.42. The fourth-order valence-electron chi connectivity index (χ4n) is 5.53. The number of pyridine rings is 1. The van der Waals surface area contributed by atoms with Crippen molar-refractivity contribution in [3.8, 4) is 0 Å². The molecule has 0 spiro atoms. The maximum Gasteiger partial charge on any atom is 0.414 e. The second kappa shape index (κ2) is 8.63. The van der Waals surface area contributed by atoms with Crippen molar-refractivity contribution in [2.24, 2.45) is 17.8 Å². The van der Waals surface area contributed by atoms with E-state index in [1.54, 1.807) is 0 Å². The van der Waals surface area contributed by atoms with Crippen molar-refractivity contribution in [2.45, 2.75) is 76.5 Å². The van der Waals surface area contributed by atoms with E-state index in [4.69, 9.17) is 0 Å². The SMILES string of the molecule is OC(C1CCCC1CCc1ccc2c(CC3CCCC3)nccc2c1)C(F)(F)F. The molecule has 4 rings (SSSR count). The third kappa shape index (κ3) is 4.76. The number of rotatable bonds is 6. The average molecular weight is 406 g/mol. The summed E-state index contributed by atoms with van der Waals surface area (Å²) < 4.78 is 38.8. The number of aromatic nitrogens is 1. The number of alkyl halides is 3. The van der Waals surface area contributed by atoms with E-state index in [0.29, 0.717) is 12.8 Å². The number of benzene rings is 1. The van der Waals surface area contributed by atoms with Crippen LogP contribution in [0.25, 0.3) is 10.8 Å². The molecule has 2 fully saturated rings. The number of nitrogens with zero attached hydrogens (tertiary/aromatic N) is 1. The standard InChI is InChI=1S/C24H30F3NO/c25-24(26,27)23(29)21-7-3-6-18(21)10-8-17-9-11-20-19(14-17)12-13-28-22(20)15-16-4-1-2-5-16/h9,11-14,16,18,21,23,29H,1-8,10,15H2. The number of aliphatic hydroxyl groups is 1. The van der Waals surface area contributed by atoms with Crippen LogP contribution in [0.15, 0.2) is 30.5 Å². The molecule has 2 nitrogen and oxygen atoms in total. The van der Waals surface area contributed by atoms with Crippen LogP contribution in [0, 0.1) is 17.8 Å². The summed E-state index contributed by atoms with van der Waals surface area (Å²) in [7, 11) is 0. The second-order valence-corrected chi connectivity index (χ2v) is 9.05. The van der Waals surface area contributed by atoms with Gasteiger partial charge in [0, 0.05) is 17.3 Å². The third-order valence-electron chi connectivity index (χ3n) is 7.13. The first kappa shape index (κ1) is 20.6.